The van der Waals surface area contributed by atoms with Gasteiger partial charge in [-0.3, -0.25) is 14.6 Å². The molecule has 1 aliphatic rings. The maximum Gasteiger partial charge on any atom is 0.246 e. The van der Waals surface area contributed by atoms with E-state index in [4.69, 9.17) is 5.26 Å². The number of hydrogen-bond acceptors (Lipinski definition) is 8. The number of likely N-dealkylation sites (N-methyl/N-ethyl adjacent to an activating group) is 1. The average Bonchev–Trinajstić information content (AvgIpc) is 3.22. The van der Waals surface area contributed by atoms with Crippen LogP contribution in [0, 0.1) is 18.3 Å². The van der Waals surface area contributed by atoms with Crippen molar-refractivity contribution in [3.8, 4) is 17.3 Å². The smallest absolute Gasteiger partial charge is 0.246 e. The zero-order valence-electron chi connectivity index (χ0n) is 20.3. The standard InChI is InChI=1S/C24H30N8O2S/c1-19-22(18-29(2)28-19)35(33,34)30(3)12-13-31-14-16-32(17-15-31)24-23(26-10-11-27-24)21-6-4-20(5-7-21)8-9-25/h4-7,10-11,18H,8,12-17H2,1-3H3. The first kappa shape index (κ1) is 24.8. The number of rotatable bonds is 8. The van der Waals surface area contributed by atoms with E-state index in [1.807, 2.05) is 24.3 Å². The minimum absolute atomic E-state index is 0.253. The first-order valence-corrected chi connectivity index (χ1v) is 12.9. The van der Waals surface area contributed by atoms with Crippen LogP contribution in [0.2, 0.25) is 0 Å². The molecular weight excluding hydrogens is 464 g/mol. The van der Waals surface area contributed by atoms with E-state index in [-0.39, 0.29) is 4.90 Å². The highest BCUT2D eigenvalue weighted by Crippen LogP contribution is 2.27. The van der Waals surface area contributed by atoms with Crippen LogP contribution in [0.3, 0.4) is 0 Å². The lowest BCUT2D eigenvalue weighted by Crippen LogP contribution is -2.49. The quantitative estimate of drug-likeness (QED) is 0.465. The van der Waals surface area contributed by atoms with E-state index in [0.717, 1.165) is 48.8 Å². The highest BCUT2D eigenvalue weighted by atomic mass is 32.2. The van der Waals surface area contributed by atoms with Crippen LogP contribution in [-0.4, -0.2) is 83.7 Å². The predicted octanol–water partition coefficient (Wildman–Crippen LogP) is 1.69. The minimum atomic E-state index is -3.57. The summed E-state index contributed by atoms with van der Waals surface area (Å²) in [5, 5.41) is 13.1. The van der Waals surface area contributed by atoms with E-state index in [9.17, 15) is 8.42 Å². The summed E-state index contributed by atoms with van der Waals surface area (Å²) in [6, 6.07) is 10.0. The Bertz CT molecular complexity index is 1310. The largest absolute Gasteiger partial charge is 0.352 e. The Kier molecular flexibility index (Phi) is 7.45. The molecule has 0 saturated carbocycles. The fourth-order valence-electron chi connectivity index (χ4n) is 4.22. The molecule has 1 aliphatic heterocycles. The monoisotopic (exact) mass is 494 g/mol. The molecule has 4 rings (SSSR count). The van der Waals surface area contributed by atoms with Gasteiger partial charge >= 0.3 is 0 Å². The molecule has 1 saturated heterocycles. The molecular formula is C24H30N8O2S. The number of nitrogens with zero attached hydrogens (tertiary/aromatic N) is 8. The lowest BCUT2D eigenvalue weighted by molar-refractivity contribution is 0.243. The Balaban J connectivity index is 1.36. The maximum atomic E-state index is 12.9. The summed E-state index contributed by atoms with van der Waals surface area (Å²) in [7, 11) is -0.233. The summed E-state index contributed by atoms with van der Waals surface area (Å²) >= 11 is 0. The van der Waals surface area contributed by atoms with Crippen molar-refractivity contribution < 1.29 is 8.42 Å². The van der Waals surface area contributed by atoms with Crippen LogP contribution in [0.15, 0.2) is 47.8 Å². The molecule has 0 atom stereocenters. The summed E-state index contributed by atoms with van der Waals surface area (Å²) in [6.07, 6.45) is 5.33. The predicted molar refractivity (Wildman–Crippen MR) is 133 cm³/mol. The number of hydrogen-bond donors (Lipinski definition) is 0. The molecule has 0 bridgehead atoms. The zero-order valence-corrected chi connectivity index (χ0v) is 21.1. The van der Waals surface area contributed by atoms with Crippen LogP contribution in [-0.2, 0) is 23.5 Å². The molecule has 35 heavy (non-hydrogen) atoms. The number of sulfonamides is 1. The number of nitriles is 1. The number of benzene rings is 1. The molecule has 2 aromatic heterocycles. The van der Waals surface area contributed by atoms with Crippen molar-refractivity contribution >= 4 is 15.8 Å². The first-order chi connectivity index (χ1) is 16.8. The molecule has 184 valence electrons. The van der Waals surface area contributed by atoms with Gasteiger partial charge in [-0.25, -0.2) is 13.4 Å². The molecule has 0 radical (unpaired) electrons. The number of piperazine rings is 1. The topological polar surface area (TPSA) is 111 Å². The van der Waals surface area contributed by atoms with Crippen LogP contribution >= 0.6 is 0 Å². The Morgan fingerprint density at radius 2 is 1.77 bits per heavy atom. The molecule has 0 amide bonds. The van der Waals surface area contributed by atoms with Gasteiger partial charge in [0.2, 0.25) is 10.0 Å². The van der Waals surface area contributed by atoms with Gasteiger partial charge < -0.3 is 4.90 Å². The van der Waals surface area contributed by atoms with Gasteiger partial charge in [-0.15, -0.1) is 0 Å². The lowest BCUT2D eigenvalue weighted by atomic mass is 10.1. The van der Waals surface area contributed by atoms with Gasteiger partial charge in [0, 0.05) is 77.5 Å². The van der Waals surface area contributed by atoms with Crippen molar-refractivity contribution in [2.75, 3.05) is 51.2 Å². The van der Waals surface area contributed by atoms with Crippen molar-refractivity contribution in [2.45, 2.75) is 18.2 Å². The summed E-state index contributed by atoms with van der Waals surface area (Å²) in [6.45, 7) is 5.92. The van der Waals surface area contributed by atoms with Crippen LogP contribution in [0.4, 0.5) is 5.82 Å². The van der Waals surface area contributed by atoms with Gasteiger partial charge in [0.25, 0.3) is 0 Å². The van der Waals surface area contributed by atoms with E-state index >= 15 is 0 Å². The third-order valence-electron chi connectivity index (χ3n) is 6.25. The Hall–Kier alpha value is -3.33. The molecule has 3 aromatic rings. The first-order valence-electron chi connectivity index (χ1n) is 11.5. The molecule has 1 aromatic carbocycles. The highest BCUT2D eigenvalue weighted by Gasteiger charge is 2.27. The second-order valence-electron chi connectivity index (χ2n) is 8.67. The van der Waals surface area contributed by atoms with Crippen molar-refractivity contribution in [1.82, 2.24) is 29.0 Å². The molecule has 0 unspecified atom stereocenters. The minimum Gasteiger partial charge on any atom is -0.352 e. The molecule has 10 nitrogen and oxygen atoms in total. The number of aromatic nitrogens is 4. The van der Waals surface area contributed by atoms with E-state index in [2.05, 4.69) is 30.9 Å². The van der Waals surface area contributed by atoms with Crippen molar-refractivity contribution in [2.24, 2.45) is 7.05 Å². The van der Waals surface area contributed by atoms with E-state index in [1.54, 1.807) is 39.6 Å². The SMILES string of the molecule is Cc1nn(C)cc1S(=O)(=O)N(C)CCN1CCN(c2nccnc2-c2ccc(CC#N)cc2)CC1. The zero-order chi connectivity index (χ0) is 25.0. The van der Waals surface area contributed by atoms with Gasteiger partial charge in [-0.1, -0.05) is 24.3 Å². The molecule has 3 heterocycles. The number of anilines is 1. The van der Waals surface area contributed by atoms with Crippen LogP contribution in [0.5, 0.6) is 0 Å². The molecule has 0 spiro atoms. The van der Waals surface area contributed by atoms with Crippen molar-refractivity contribution in [3.63, 3.8) is 0 Å². The average molecular weight is 495 g/mol. The fourth-order valence-corrected chi connectivity index (χ4v) is 5.58. The maximum absolute atomic E-state index is 12.9. The van der Waals surface area contributed by atoms with Gasteiger partial charge in [0.05, 0.1) is 18.2 Å². The van der Waals surface area contributed by atoms with Crippen LogP contribution in [0.1, 0.15) is 11.3 Å². The highest BCUT2D eigenvalue weighted by molar-refractivity contribution is 7.89. The third-order valence-corrected chi connectivity index (χ3v) is 8.21. The summed E-state index contributed by atoms with van der Waals surface area (Å²) in [5.41, 5.74) is 3.27. The Morgan fingerprint density at radius 3 is 2.40 bits per heavy atom. The molecule has 0 aliphatic carbocycles. The summed E-state index contributed by atoms with van der Waals surface area (Å²) in [4.78, 5) is 13.9. The fraction of sp³-hybridized carbons (Fsp3) is 0.417. The second kappa shape index (κ2) is 10.5. The number of aryl methyl sites for hydroxylation is 2. The molecule has 0 N–H and O–H groups in total. The van der Waals surface area contributed by atoms with E-state index < -0.39 is 10.0 Å². The van der Waals surface area contributed by atoms with Crippen LogP contribution in [0.25, 0.3) is 11.3 Å². The van der Waals surface area contributed by atoms with Crippen molar-refractivity contribution in [3.05, 3.63) is 54.1 Å². The lowest BCUT2D eigenvalue weighted by Gasteiger charge is -2.36. The van der Waals surface area contributed by atoms with Gasteiger partial charge in [-0.05, 0) is 12.5 Å². The summed E-state index contributed by atoms with van der Waals surface area (Å²) < 4.78 is 28.8. The Morgan fingerprint density at radius 1 is 1.09 bits per heavy atom. The van der Waals surface area contributed by atoms with Gasteiger partial charge in [0.15, 0.2) is 5.82 Å². The van der Waals surface area contributed by atoms with Gasteiger partial charge in [-0.2, -0.15) is 14.7 Å². The van der Waals surface area contributed by atoms with Gasteiger partial charge in [0.1, 0.15) is 10.6 Å². The van der Waals surface area contributed by atoms with E-state index in [0.29, 0.717) is 25.2 Å². The van der Waals surface area contributed by atoms with Crippen molar-refractivity contribution in [1.29, 1.82) is 5.26 Å². The van der Waals surface area contributed by atoms with E-state index in [1.165, 1.54) is 8.99 Å². The second-order valence-corrected chi connectivity index (χ2v) is 10.7. The summed E-state index contributed by atoms with van der Waals surface area (Å²) in [5.74, 6) is 0.840. The Labute approximate surface area is 206 Å². The van der Waals surface area contributed by atoms with Crippen LogP contribution < -0.4 is 4.90 Å². The molecule has 11 heteroatoms. The third kappa shape index (κ3) is 5.51. The normalized spacial score (nSPS) is 14.9. The molecule has 1 fully saturated rings.